The molecule has 1 heterocycles. The first kappa shape index (κ1) is 26.9. The number of hydrogen-bond acceptors (Lipinski definition) is 10. The number of phenols is 1. The number of carbonyl (C=O) groups excluding carboxylic acids is 5. The number of phenolic OH excluding ortho intramolecular Hbond substituents is 1. The van der Waals surface area contributed by atoms with Crippen LogP contribution in [-0.2, 0) is 32.1 Å². The standard InChI is InChI=1S/C28H31N3O8/c1-30(2)11-18-14(7-8-39-18)13-5-6-17(32)20-15(13)9-12-10-16-22(31(3)4)24(34)21(27(29)37)26(36)28(16,38)25(35)19(12)23(20)33/h5-8,12,16,19,21-22,32,38H,9-11H2,1-4H3,(H2,29,37)/t12-,16-,19?,21?,22-,28-/m0/s1. The van der Waals surface area contributed by atoms with Crippen LogP contribution in [0, 0.1) is 23.7 Å². The van der Waals surface area contributed by atoms with E-state index in [1.165, 1.54) is 11.0 Å². The summed E-state index contributed by atoms with van der Waals surface area (Å²) in [7, 11) is 6.88. The van der Waals surface area contributed by atoms with Gasteiger partial charge in [-0.2, -0.15) is 0 Å². The van der Waals surface area contributed by atoms with Crippen LogP contribution < -0.4 is 5.73 Å². The van der Waals surface area contributed by atoms with Gasteiger partial charge in [0.1, 0.15) is 11.5 Å². The van der Waals surface area contributed by atoms with Crippen molar-refractivity contribution >= 4 is 29.0 Å². The minimum absolute atomic E-state index is 0.00503. The molecule has 3 aliphatic carbocycles. The molecule has 1 aromatic carbocycles. The molecule has 39 heavy (non-hydrogen) atoms. The highest BCUT2D eigenvalue weighted by atomic mass is 16.3. The van der Waals surface area contributed by atoms with E-state index in [0.717, 1.165) is 5.56 Å². The SMILES string of the molecule is CN(C)Cc1occc1-c1ccc(O)c2c1C[C@H]1C[C@H]3[C@H](N(C)C)C(=O)C(C(N)=O)C(=O)[C@@]3(O)C(=O)C1C2=O. The fraction of sp³-hybridized carbons (Fsp3) is 0.464. The summed E-state index contributed by atoms with van der Waals surface area (Å²) < 4.78 is 5.68. The molecule has 3 aliphatic rings. The molecule has 1 aromatic heterocycles. The largest absolute Gasteiger partial charge is 0.507 e. The van der Waals surface area contributed by atoms with Gasteiger partial charge in [-0.3, -0.25) is 28.9 Å². The summed E-state index contributed by atoms with van der Waals surface area (Å²) in [4.78, 5) is 69.9. The lowest BCUT2D eigenvalue weighted by Gasteiger charge is -2.52. The van der Waals surface area contributed by atoms with E-state index in [4.69, 9.17) is 10.2 Å². The molecule has 206 valence electrons. The number of fused-ring (bicyclic) bond motifs is 3. The van der Waals surface area contributed by atoms with Crippen LogP contribution >= 0.6 is 0 Å². The van der Waals surface area contributed by atoms with Gasteiger partial charge in [0.2, 0.25) is 5.91 Å². The number of ketones is 4. The van der Waals surface area contributed by atoms with Crippen molar-refractivity contribution in [1.29, 1.82) is 0 Å². The highest BCUT2D eigenvalue weighted by molar-refractivity contribution is 6.32. The smallest absolute Gasteiger partial charge is 0.235 e. The van der Waals surface area contributed by atoms with Gasteiger partial charge in [-0.15, -0.1) is 0 Å². The van der Waals surface area contributed by atoms with E-state index in [1.54, 1.807) is 32.5 Å². The first-order valence-corrected chi connectivity index (χ1v) is 12.7. The van der Waals surface area contributed by atoms with Gasteiger partial charge in [-0.1, -0.05) is 6.07 Å². The Morgan fingerprint density at radius 3 is 2.38 bits per heavy atom. The molecule has 5 rings (SSSR count). The number of nitrogens with zero attached hydrogens (tertiary/aromatic N) is 2. The minimum atomic E-state index is -2.74. The Labute approximate surface area is 224 Å². The lowest BCUT2D eigenvalue weighted by atomic mass is 9.52. The van der Waals surface area contributed by atoms with Crippen molar-refractivity contribution in [2.75, 3.05) is 28.2 Å². The third-order valence-electron chi connectivity index (χ3n) is 8.44. The van der Waals surface area contributed by atoms with Gasteiger partial charge < -0.3 is 25.3 Å². The minimum Gasteiger partial charge on any atom is -0.507 e. The van der Waals surface area contributed by atoms with E-state index in [1.807, 2.05) is 19.0 Å². The maximum absolute atomic E-state index is 13.9. The monoisotopic (exact) mass is 537 g/mol. The van der Waals surface area contributed by atoms with E-state index in [2.05, 4.69) is 0 Å². The molecule has 2 unspecified atom stereocenters. The average Bonchev–Trinajstić information content (AvgIpc) is 3.28. The molecule has 6 atom stereocenters. The number of likely N-dealkylation sites (N-methyl/N-ethyl adjacent to an activating group) is 1. The molecule has 11 heteroatoms. The van der Waals surface area contributed by atoms with Gasteiger partial charge in [-0.25, -0.2) is 0 Å². The molecular weight excluding hydrogens is 506 g/mol. The number of nitrogens with two attached hydrogens (primary N) is 1. The lowest BCUT2D eigenvalue weighted by molar-refractivity contribution is -0.181. The van der Waals surface area contributed by atoms with Crippen LogP contribution in [0.5, 0.6) is 5.75 Å². The van der Waals surface area contributed by atoms with Crippen LogP contribution in [0.4, 0.5) is 0 Å². The molecule has 0 radical (unpaired) electrons. The van der Waals surface area contributed by atoms with E-state index in [-0.39, 0.29) is 24.2 Å². The van der Waals surface area contributed by atoms with Crippen LogP contribution in [0.2, 0.25) is 0 Å². The Hall–Kier alpha value is -3.67. The van der Waals surface area contributed by atoms with Crippen molar-refractivity contribution in [3.63, 3.8) is 0 Å². The second-order valence-corrected chi connectivity index (χ2v) is 11.3. The molecule has 2 saturated carbocycles. The first-order valence-electron chi connectivity index (χ1n) is 12.7. The zero-order valence-corrected chi connectivity index (χ0v) is 22.1. The van der Waals surface area contributed by atoms with Gasteiger partial charge in [0, 0.05) is 11.5 Å². The van der Waals surface area contributed by atoms with Crippen molar-refractivity contribution in [3.05, 3.63) is 41.3 Å². The number of benzene rings is 1. The van der Waals surface area contributed by atoms with E-state index in [9.17, 15) is 34.2 Å². The second-order valence-electron chi connectivity index (χ2n) is 11.3. The van der Waals surface area contributed by atoms with Gasteiger partial charge in [-0.05, 0) is 70.2 Å². The van der Waals surface area contributed by atoms with Crippen LogP contribution in [0.25, 0.3) is 11.1 Å². The fourth-order valence-corrected chi connectivity index (χ4v) is 6.85. The molecular formula is C28H31N3O8. The summed E-state index contributed by atoms with van der Waals surface area (Å²) in [5.74, 6) is -10.00. The molecule has 4 N–H and O–H groups in total. The molecule has 11 nitrogen and oxygen atoms in total. The molecule has 0 bridgehead atoms. The Morgan fingerprint density at radius 2 is 1.77 bits per heavy atom. The summed E-state index contributed by atoms with van der Waals surface area (Å²) in [5.41, 5.74) is 4.51. The normalized spacial score (nSPS) is 30.4. The van der Waals surface area contributed by atoms with Crippen molar-refractivity contribution in [2.24, 2.45) is 29.4 Å². The van der Waals surface area contributed by atoms with Gasteiger partial charge in [0.15, 0.2) is 34.7 Å². The van der Waals surface area contributed by atoms with Crippen LogP contribution in [0.1, 0.15) is 28.1 Å². The number of hydrogen-bond donors (Lipinski definition) is 3. The van der Waals surface area contributed by atoms with Crippen LogP contribution in [0.15, 0.2) is 28.9 Å². The highest BCUT2D eigenvalue weighted by Crippen LogP contribution is 2.52. The molecule has 2 fully saturated rings. The topological polar surface area (TPSA) is 171 Å². The summed E-state index contributed by atoms with van der Waals surface area (Å²) in [6, 6.07) is 3.70. The molecule has 0 saturated heterocycles. The number of amides is 1. The summed E-state index contributed by atoms with van der Waals surface area (Å²) >= 11 is 0. The van der Waals surface area contributed by atoms with Crippen molar-refractivity contribution < 1.29 is 38.6 Å². The Morgan fingerprint density at radius 1 is 1.08 bits per heavy atom. The Bertz CT molecular complexity index is 1430. The number of carbonyl (C=O) groups is 5. The fourth-order valence-electron chi connectivity index (χ4n) is 6.85. The number of primary amides is 1. The zero-order chi connectivity index (χ0) is 28.5. The molecule has 2 aromatic rings. The molecule has 1 amide bonds. The molecule has 0 spiro atoms. The quantitative estimate of drug-likeness (QED) is 0.447. The number of furan rings is 1. The van der Waals surface area contributed by atoms with Crippen LogP contribution in [0.3, 0.4) is 0 Å². The van der Waals surface area contributed by atoms with Gasteiger partial charge in [0.25, 0.3) is 0 Å². The number of rotatable bonds is 5. The van der Waals surface area contributed by atoms with E-state index in [0.29, 0.717) is 23.4 Å². The zero-order valence-electron chi connectivity index (χ0n) is 22.1. The summed E-state index contributed by atoms with van der Waals surface area (Å²) in [5, 5.41) is 22.4. The highest BCUT2D eigenvalue weighted by Gasteiger charge is 2.69. The third-order valence-corrected chi connectivity index (χ3v) is 8.44. The van der Waals surface area contributed by atoms with Crippen LogP contribution in [-0.4, -0.2) is 88.9 Å². The molecule has 0 aliphatic heterocycles. The average molecular weight is 538 g/mol. The van der Waals surface area contributed by atoms with Crippen molar-refractivity contribution in [1.82, 2.24) is 9.80 Å². The van der Waals surface area contributed by atoms with E-state index < -0.39 is 64.4 Å². The summed E-state index contributed by atoms with van der Waals surface area (Å²) in [6.45, 7) is 0.487. The maximum atomic E-state index is 13.9. The van der Waals surface area contributed by atoms with Gasteiger partial charge in [0.05, 0.1) is 30.3 Å². The summed E-state index contributed by atoms with van der Waals surface area (Å²) in [6.07, 6.45) is 1.72. The maximum Gasteiger partial charge on any atom is 0.235 e. The predicted molar refractivity (Wildman–Crippen MR) is 136 cm³/mol. The number of aromatic hydroxyl groups is 1. The Kier molecular flexibility index (Phi) is 6.36. The van der Waals surface area contributed by atoms with E-state index >= 15 is 0 Å². The number of Topliss-reactive ketones (excluding diaryl/α,β-unsaturated/α-hetero) is 4. The second kappa shape index (κ2) is 9.22. The first-order chi connectivity index (χ1) is 18.3. The third kappa shape index (κ3) is 3.79. The predicted octanol–water partition coefficient (Wildman–Crippen LogP) is 0.189. The number of aliphatic hydroxyl groups is 1. The Balaban J connectivity index is 1.65. The van der Waals surface area contributed by atoms with Gasteiger partial charge >= 0.3 is 0 Å². The lowest BCUT2D eigenvalue weighted by Crippen LogP contribution is -2.74. The van der Waals surface area contributed by atoms with Crippen molar-refractivity contribution in [3.8, 4) is 16.9 Å². The van der Waals surface area contributed by atoms with Crippen molar-refractivity contribution in [2.45, 2.75) is 31.0 Å².